The maximum Gasteiger partial charge on any atom is 1.00 e. The summed E-state index contributed by atoms with van der Waals surface area (Å²) in [5.41, 5.74) is 0. The van der Waals surface area contributed by atoms with E-state index >= 15 is 0 Å². The van der Waals surface area contributed by atoms with Crippen LogP contribution in [0.15, 0.2) is 0 Å². The molecular formula is C6H20BF4N4P. The molecule has 16 heavy (non-hydrogen) atoms. The van der Waals surface area contributed by atoms with Crippen LogP contribution in [0.2, 0.25) is 0 Å². The Morgan fingerprint density at radius 3 is 0.938 bits per heavy atom. The summed E-state index contributed by atoms with van der Waals surface area (Å²) in [5.74, 6) is 0. The molecule has 0 aliphatic heterocycles. The molecule has 0 unspecified atom stereocenters. The second-order valence-electron chi connectivity index (χ2n) is 3.60. The third-order valence-corrected chi connectivity index (χ3v) is 5.02. The number of halogens is 4. The maximum absolute atomic E-state index is 9.75. The van der Waals surface area contributed by atoms with Crippen molar-refractivity contribution in [1.29, 1.82) is 5.16 Å². The third kappa shape index (κ3) is 7.21. The Morgan fingerprint density at radius 2 is 0.938 bits per heavy atom. The summed E-state index contributed by atoms with van der Waals surface area (Å²) in [5, 5.41) is 8.17. The van der Waals surface area contributed by atoms with E-state index < -0.39 is 14.8 Å². The highest BCUT2D eigenvalue weighted by molar-refractivity contribution is 7.57. The van der Waals surface area contributed by atoms with Crippen molar-refractivity contribution in [3.63, 3.8) is 0 Å². The Hall–Kier alpha value is -0.105. The highest BCUT2D eigenvalue weighted by Gasteiger charge is 2.24. The standard InChI is InChI=1S/C6H19N4P.BF4/c1-8(2)11(7,9(3)4)10(5)6;2-1(3,4)5/h7H,1-6H3;/q;-1/p+1. The lowest BCUT2D eigenvalue weighted by atomic mass is 10.3. The van der Waals surface area contributed by atoms with Crippen molar-refractivity contribution >= 4 is 14.8 Å². The SMILES string of the molecule is CN(C)P(=N)(N(C)C)N(C)C.F[B-](F)(F)F.[H+]. The quantitative estimate of drug-likeness (QED) is 0.484. The van der Waals surface area contributed by atoms with Crippen LogP contribution in [0.1, 0.15) is 1.43 Å². The molecule has 0 saturated heterocycles. The summed E-state index contributed by atoms with van der Waals surface area (Å²) in [6, 6.07) is 0. The minimum absolute atomic E-state index is 0. The fraction of sp³-hybridized carbons (Fsp3) is 1.00. The molecule has 0 amide bonds. The van der Waals surface area contributed by atoms with Gasteiger partial charge >= 0.3 is 8.68 Å². The molecule has 1 N–H and O–H groups in total. The summed E-state index contributed by atoms with van der Waals surface area (Å²) in [6.45, 7) is 0. The Balaban J connectivity index is -0.000000280. The van der Waals surface area contributed by atoms with E-state index in [0.29, 0.717) is 0 Å². The van der Waals surface area contributed by atoms with Gasteiger partial charge in [0.05, 0.1) is 0 Å². The predicted molar refractivity (Wildman–Crippen MR) is 62.0 cm³/mol. The van der Waals surface area contributed by atoms with Gasteiger partial charge in [-0.05, 0) is 42.3 Å². The van der Waals surface area contributed by atoms with Crippen molar-refractivity contribution in [3.8, 4) is 0 Å². The summed E-state index contributed by atoms with van der Waals surface area (Å²) >= 11 is 0. The molecule has 0 aliphatic rings. The first-order valence-electron chi connectivity index (χ1n) is 4.38. The molecule has 0 aromatic carbocycles. The van der Waals surface area contributed by atoms with Crippen molar-refractivity contribution < 1.29 is 18.7 Å². The number of rotatable bonds is 3. The molecule has 0 bridgehead atoms. The summed E-state index contributed by atoms with van der Waals surface area (Å²) in [7, 11) is 3.74. The van der Waals surface area contributed by atoms with E-state index in [2.05, 4.69) is 0 Å². The van der Waals surface area contributed by atoms with Crippen LogP contribution in [0.25, 0.3) is 0 Å². The van der Waals surface area contributed by atoms with E-state index in [9.17, 15) is 17.3 Å². The van der Waals surface area contributed by atoms with Gasteiger partial charge in [0.25, 0.3) is 0 Å². The highest BCUT2D eigenvalue weighted by atomic mass is 31.2. The minimum atomic E-state index is -6.00. The van der Waals surface area contributed by atoms with Gasteiger partial charge < -0.3 is 17.3 Å². The second kappa shape index (κ2) is 6.59. The molecule has 0 aromatic heterocycles. The number of nitrogens with zero attached hydrogens (tertiary/aromatic N) is 3. The molecule has 4 nitrogen and oxygen atoms in total. The molecule has 0 spiro atoms. The van der Waals surface area contributed by atoms with E-state index in [1.54, 1.807) is 0 Å². The van der Waals surface area contributed by atoms with Gasteiger partial charge in [0, 0.05) is 0 Å². The fourth-order valence-electron chi connectivity index (χ4n) is 1.07. The largest absolute Gasteiger partial charge is 1.00 e. The molecule has 10 heteroatoms. The summed E-state index contributed by atoms with van der Waals surface area (Å²) in [4.78, 5) is 0. The Labute approximate surface area is 95.8 Å². The van der Waals surface area contributed by atoms with Gasteiger partial charge in [-0.2, -0.15) is 0 Å². The van der Waals surface area contributed by atoms with Crippen LogP contribution in [-0.2, 0) is 0 Å². The zero-order valence-electron chi connectivity index (χ0n) is 11.4. The lowest BCUT2D eigenvalue weighted by molar-refractivity contribution is 0.368. The van der Waals surface area contributed by atoms with E-state index in [4.69, 9.17) is 5.16 Å². The summed E-state index contributed by atoms with van der Waals surface area (Å²) in [6.07, 6.45) is 0. The number of hydrogen-bond acceptors (Lipinski definition) is 1. The van der Waals surface area contributed by atoms with Gasteiger partial charge in [0.2, 0.25) is 0 Å². The van der Waals surface area contributed by atoms with Crippen molar-refractivity contribution in [1.82, 2.24) is 14.0 Å². The Morgan fingerprint density at radius 1 is 0.812 bits per heavy atom. The topological polar surface area (TPSA) is 33.6 Å². The Kier molecular flexibility index (Phi) is 7.52. The average molecular weight is 266 g/mol. The van der Waals surface area contributed by atoms with E-state index in [1.807, 2.05) is 56.3 Å². The fourth-order valence-corrected chi connectivity index (χ4v) is 3.22. The van der Waals surface area contributed by atoms with Crippen molar-refractivity contribution in [3.05, 3.63) is 0 Å². The maximum atomic E-state index is 9.75. The van der Waals surface area contributed by atoms with Gasteiger partial charge in [-0.1, -0.05) is 0 Å². The van der Waals surface area contributed by atoms with Gasteiger partial charge in [0.1, 0.15) is 0 Å². The zero-order chi connectivity index (χ0) is 13.7. The molecule has 0 atom stereocenters. The van der Waals surface area contributed by atoms with Crippen LogP contribution in [0.3, 0.4) is 0 Å². The van der Waals surface area contributed by atoms with Crippen LogP contribution < -0.4 is 0 Å². The lowest BCUT2D eigenvalue weighted by Crippen LogP contribution is -2.29. The molecule has 0 radical (unpaired) electrons. The predicted octanol–water partition coefficient (Wildman–Crippen LogP) is 2.61. The van der Waals surface area contributed by atoms with Crippen LogP contribution in [0.4, 0.5) is 17.3 Å². The normalized spacial score (nSPS) is 13.1. The van der Waals surface area contributed by atoms with Gasteiger partial charge in [0.15, 0.2) is 7.51 Å². The molecule has 0 fully saturated rings. The molecule has 0 heterocycles. The molecule has 0 rings (SSSR count). The third-order valence-electron chi connectivity index (χ3n) is 1.67. The number of hydrogen-bond donors (Lipinski definition) is 1. The van der Waals surface area contributed by atoms with E-state index in [-0.39, 0.29) is 1.43 Å². The molecule has 100 valence electrons. The van der Waals surface area contributed by atoms with Crippen molar-refractivity contribution in [2.24, 2.45) is 0 Å². The molecule has 0 saturated carbocycles. The number of nitrogens with one attached hydrogen (secondary N) is 1. The first-order valence-corrected chi connectivity index (χ1v) is 6.03. The lowest BCUT2D eigenvalue weighted by Gasteiger charge is -2.39. The van der Waals surface area contributed by atoms with E-state index in [1.165, 1.54) is 0 Å². The minimum Gasteiger partial charge on any atom is -0.418 e. The monoisotopic (exact) mass is 266 g/mol. The van der Waals surface area contributed by atoms with Crippen LogP contribution in [0, 0.1) is 5.16 Å². The molecular weight excluding hydrogens is 246 g/mol. The van der Waals surface area contributed by atoms with E-state index in [0.717, 1.165) is 0 Å². The van der Waals surface area contributed by atoms with Crippen molar-refractivity contribution in [2.45, 2.75) is 0 Å². The first kappa shape index (κ1) is 18.3. The van der Waals surface area contributed by atoms with Gasteiger partial charge in [-0.15, -0.1) is 0 Å². The average Bonchev–Trinajstić information content (AvgIpc) is 1.98. The highest BCUT2D eigenvalue weighted by Crippen LogP contribution is 2.51. The summed E-state index contributed by atoms with van der Waals surface area (Å²) < 4.78 is 44.9. The van der Waals surface area contributed by atoms with Crippen LogP contribution in [0.5, 0.6) is 0 Å². The van der Waals surface area contributed by atoms with Crippen molar-refractivity contribution in [2.75, 3.05) is 42.3 Å². The first-order chi connectivity index (χ1) is 6.83. The van der Waals surface area contributed by atoms with Crippen LogP contribution in [-0.4, -0.2) is 63.6 Å². The Bertz CT molecular complexity index is 214. The van der Waals surface area contributed by atoms with Crippen LogP contribution >= 0.6 is 7.51 Å². The zero-order valence-corrected chi connectivity index (χ0v) is 11.3. The molecule has 0 aliphatic carbocycles. The van der Waals surface area contributed by atoms with Gasteiger partial charge in [-0.25, -0.2) is 0 Å². The van der Waals surface area contributed by atoms with Gasteiger partial charge in [-0.3, -0.25) is 19.2 Å². The smallest absolute Gasteiger partial charge is 0.418 e. The molecule has 0 aromatic rings. The second-order valence-corrected chi connectivity index (χ2v) is 7.14.